The summed E-state index contributed by atoms with van der Waals surface area (Å²) in [7, 11) is 0. The predicted octanol–water partition coefficient (Wildman–Crippen LogP) is 4.73. The highest BCUT2D eigenvalue weighted by Gasteiger charge is 2.20. The largest absolute Gasteiger partial charge is 0.454 e. The van der Waals surface area contributed by atoms with Crippen LogP contribution in [0.5, 0.6) is 0 Å². The third-order valence-corrected chi connectivity index (χ3v) is 4.36. The molecule has 4 rings (SSSR count). The van der Waals surface area contributed by atoms with Crippen LogP contribution in [-0.2, 0) is 11.2 Å². The Labute approximate surface area is 149 Å². The van der Waals surface area contributed by atoms with Crippen molar-refractivity contribution in [1.29, 1.82) is 0 Å². The first-order valence-electron chi connectivity index (χ1n) is 8.43. The molecule has 2 aromatic carbocycles. The van der Waals surface area contributed by atoms with Gasteiger partial charge in [0.25, 0.3) is 0 Å². The lowest BCUT2D eigenvalue weighted by Crippen LogP contribution is -2.06. The van der Waals surface area contributed by atoms with Gasteiger partial charge < -0.3 is 14.2 Å². The smallest absolute Gasteiger partial charge is 0.336 e. The molecule has 0 spiro atoms. The van der Waals surface area contributed by atoms with E-state index in [0.29, 0.717) is 28.2 Å². The Hall–Kier alpha value is -3.34. The highest BCUT2D eigenvalue weighted by atomic mass is 16.4. The lowest BCUT2D eigenvalue weighted by Gasteiger charge is -2.08. The molecule has 0 aliphatic carbocycles. The minimum Gasteiger partial charge on any atom is -0.454 e. The van der Waals surface area contributed by atoms with E-state index in [-0.39, 0.29) is 5.91 Å². The Morgan fingerprint density at radius 3 is 2.54 bits per heavy atom. The molecule has 0 aliphatic rings. The average Bonchev–Trinajstić information content (AvgIpc) is 2.98. The van der Waals surface area contributed by atoms with Crippen molar-refractivity contribution in [2.45, 2.75) is 20.3 Å². The van der Waals surface area contributed by atoms with Crippen LogP contribution in [0.2, 0.25) is 0 Å². The molecule has 0 saturated carbocycles. The summed E-state index contributed by atoms with van der Waals surface area (Å²) < 4.78 is 11.4. The number of rotatable bonds is 3. The summed E-state index contributed by atoms with van der Waals surface area (Å²) in [4.78, 5) is 23.8. The molecule has 5 heteroatoms. The Balaban J connectivity index is 2.09. The van der Waals surface area contributed by atoms with E-state index >= 15 is 0 Å². The fourth-order valence-electron chi connectivity index (χ4n) is 3.15. The normalized spacial score (nSPS) is 11.2. The van der Waals surface area contributed by atoms with Gasteiger partial charge in [-0.25, -0.2) is 4.79 Å². The number of fused-ring (bicyclic) bond motifs is 2. The maximum absolute atomic E-state index is 12.1. The van der Waals surface area contributed by atoms with Gasteiger partial charge in [-0.2, -0.15) is 0 Å². The molecule has 0 aliphatic heterocycles. The van der Waals surface area contributed by atoms with Gasteiger partial charge in [-0.1, -0.05) is 25.1 Å². The second kappa shape index (κ2) is 6.19. The number of furan rings is 1. The molecule has 0 saturated heterocycles. The first-order valence-corrected chi connectivity index (χ1v) is 8.43. The minimum atomic E-state index is -0.467. The van der Waals surface area contributed by atoms with Crippen molar-refractivity contribution in [2.75, 3.05) is 5.32 Å². The number of benzene rings is 2. The number of amides is 1. The quantitative estimate of drug-likeness (QED) is 0.544. The summed E-state index contributed by atoms with van der Waals surface area (Å²) in [6.07, 6.45) is 0.854. The number of anilines is 1. The molecule has 0 bridgehead atoms. The average molecular weight is 347 g/mol. The lowest BCUT2D eigenvalue weighted by atomic mass is 10.0. The van der Waals surface area contributed by atoms with Crippen LogP contribution in [0.4, 0.5) is 5.69 Å². The third kappa shape index (κ3) is 2.67. The molecule has 1 amide bonds. The van der Waals surface area contributed by atoms with Crippen LogP contribution < -0.4 is 10.9 Å². The number of carbonyl (C=O) groups excluding carboxylic acids is 1. The van der Waals surface area contributed by atoms with Crippen molar-refractivity contribution in [3.05, 3.63) is 64.5 Å². The number of aryl methyl sites for hydroxylation is 1. The summed E-state index contributed by atoms with van der Waals surface area (Å²) >= 11 is 0. The molecule has 1 N–H and O–H groups in total. The van der Waals surface area contributed by atoms with Crippen molar-refractivity contribution in [3.8, 4) is 11.3 Å². The van der Waals surface area contributed by atoms with Gasteiger partial charge in [0.15, 0.2) is 5.76 Å². The Bertz CT molecular complexity index is 1200. The molecule has 0 fully saturated rings. The zero-order valence-electron chi connectivity index (χ0n) is 14.5. The predicted molar refractivity (Wildman–Crippen MR) is 101 cm³/mol. The number of hydrogen-bond donors (Lipinski definition) is 1. The van der Waals surface area contributed by atoms with Gasteiger partial charge in [0.2, 0.25) is 5.91 Å². The van der Waals surface area contributed by atoms with E-state index in [0.717, 1.165) is 22.8 Å². The van der Waals surface area contributed by atoms with E-state index in [2.05, 4.69) is 12.2 Å². The molecule has 0 unspecified atom stereocenters. The van der Waals surface area contributed by atoms with Gasteiger partial charge >= 0.3 is 5.63 Å². The molecule has 2 heterocycles. The van der Waals surface area contributed by atoms with Crippen LogP contribution in [0.1, 0.15) is 19.4 Å². The monoisotopic (exact) mass is 347 g/mol. The zero-order valence-corrected chi connectivity index (χ0v) is 14.5. The fraction of sp³-hybridized carbons (Fsp3) is 0.143. The Kier molecular flexibility index (Phi) is 3.84. The van der Waals surface area contributed by atoms with Gasteiger partial charge in [0.05, 0.1) is 5.69 Å². The van der Waals surface area contributed by atoms with Crippen LogP contribution in [0.15, 0.2) is 62.2 Å². The molecule has 0 atom stereocenters. The standard InChI is InChI=1S/C21H17NO4/c1-3-13-8-9-18-15(10-13)16(11-19(24)25-18)21-20(22-12(2)23)14-6-4-5-7-17(14)26-21/h4-11H,3H2,1-2H3,(H,22,23). The molecule has 2 aromatic heterocycles. The summed E-state index contributed by atoms with van der Waals surface area (Å²) in [5.74, 6) is 0.242. The summed E-state index contributed by atoms with van der Waals surface area (Å²) in [6, 6.07) is 14.6. The molecule has 5 nitrogen and oxygen atoms in total. The van der Waals surface area contributed by atoms with E-state index in [4.69, 9.17) is 8.83 Å². The number of carbonyl (C=O) groups is 1. The molecule has 0 radical (unpaired) electrons. The van der Waals surface area contributed by atoms with Crippen molar-refractivity contribution < 1.29 is 13.6 Å². The van der Waals surface area contributed by atoms with E-state index in [1.54, 1.807) is 6.07 Å². The van der Waals surface area contributed by atoms with Gasteiger partial charge in [-0.3, -0.25) is 4.79 Å². The molecular weight excluding hydrogens is 330 g/mol. The Morgan fingerprint density at radius 1 is 1.00 bits per heavy atom. The van der Waals surface area contributed by atoms with Gasteiger partial charge in [-0.15, -0.1) is 0 Å². The zero-order chi connectivity index (χ0) is 18.3. The van der Waals surface area contributed by atoms with Gasteiger partial charge in [0.1, 0.15) is 11.2 Å². The second-order valence-corrected chi connectivity index (χ2v) is 6.15. The van der Waals surface area contributed by atoms with E-state index in [1.807, 2.05) is 36.4 Å². The van der Waals surface area contributed by atoms with Crippen LogP contribution in [0.25, 0.3) is 33.3 Å². The van der Waals surface area contributed by atoms with E-state index < -0.39 is 5.63 Å². The summed E-state index contributed by atoms with van der Waals surface area (Å²) in [5, 5.41) is 4.40. The van der Waals surface area contributed by atoms with Crippen LogP contribution in [0.3, 0.4) is 0 Å². The SMILES string of the molecule is CCc1ccc2oc(=O)cc(-c3oc4ccccc4c3NC(C)=O)c2c1. The number of hydrogen-bond acceptors (Lipinski definition) is 4. The summed E-state index contributed by atoms with van der Waals surface area (Å²) in [5.41, 5.74) is 2.93. The topological polar surface area (TPSA) is 72.5 Å². The highest BCUT2D eigenvalue weighted by molar-refractivity contribution is 6.08. The second-order valence-electron chi connectivity index (χ2n) is 6.15. The highest BCUT2D eigenvalue weighted by Crippen LogP contribution is 2.40. The number of nitrogens with one attached hydrogen (secondary N) is 1. The van der Waals surface area contributed by atoms with Crippen molar-refractivity contribution in [3.63, 3.8) is 0 Å². The van der Waals surface area contributed by atoms with Crippen molar-refractivity contribution in [2.24, 2.45) is 0 Å². The van der Waals surface area contributed by atoms with Crippen molar-refractivity contribution >= 4 is 33.5 Å². The minimum absolute atomic E-state index is 0.209. The van der Waals surface area contributed by atoms with Crippen molar-refractivity contribution in [1.82, 2.24) is 0 Å². The molecule has 4 aromatic rings. The summed E-state index contributed by atoms with van der Waals surface area (Å²) in [6.45, 7) is 3.50. The number of para-hydroxylation sites is 1. The van der Waals surface area contributed by atoms with Gasteiger partial charge in [-0.05, 0) is 36.2 Å². The van der Waals surface area contributed by atoms with Crippen LogP contribution in [-0.4, -0.2) is 5.91 Å². The maximum Gasteiger partial charge on any atom is 0.336 e. The first-order chi connectivity index (χ1) is 12.6. The van der Waals surface area contributed by atoms with Crippen LogP contribution >= 0.6 is 0 Å². The lowest BCUT2D eigenvalue weighted by molar-refractivity contribution is -0.114. The third-order valence-electron chi connectivity index (χ3n) is 4.36. The van der Waals surface area contributed by atoms with Crippen LogP contribution in [0, 0.1) is 0 Å². The van der Waals surface area contributed by atoms with E-state index in [1.165, 1.54) is 13.0 Å². The fourth-order valence-corrected chi connectivity index (χ4v) is 3.15. The molecule has 26 heavy (non-hydrogen) atoms. The first kappa shape index (κ1) is 16.1. The maximum atomic E-state index is 12.1. The Morgan fingerprint density at radius 2 is 1.77 bits per heavy atom. The van der Waals surface area contributed by atoms with E-state index in [9.17, 15) is 9.59 Å². The molecule has 130 valence electrons. The molecular formula is C21H17NO4. The van der Waals surface area contributed by atoms with Gasteiger partial charge in [0, 0.05) is 29.3 Å².